The maximum atomic E-state index is 12.9. The molecule has 1 saturated heterocycles. The molecule has 1 fully saturated rings. The number of thioether (sulfide) groups is 1. The van der Waals surface area contributed by atoms with E-state index in [4.69, 9.17) is 16.3 Å². The lowest BCUT2D eigenvalue weighted by Gasteiger charge is -2.49. The Morgan fingerprint density at radius 3 is 2.58 bits per heavy atom. The van der Waals surface area contributed by atoms with Gasteiger partial charge in [0.1, 0.15) is 29.8 Å². The molecule has 1 aromatic rings. The molecule has 0 unspecified atom stereocenters. The highest BCUT2D eigenvalue weighted by Gasteiger charge is 2.54. The number of ether oxygens (including phenoxy) is 1. The minimum atomic E-state index is -1.28. The van der Waals surface area contributed by atoms with Crippen LogP contribution in [-0.2, 0) is 23.9 Å². The molecule has 10 nitrogen and oxygen atoms in total. The van der Waals surface area contributed by atoms with E-state index < -0.39 is 41.2 Å². The van der Waals surface area contributed by atoms with E-state index in [9.17, 15) is 24.3 Å². The van der Waals surface area contributed by atoms with Crippen LogP contribution < -0.4 is 5.32 Å². The SMILES string of the molecule is CC[C@H](C(=O)N[C@H]1C(=O)N2C(C(=O)O)=C(COC(C)=O)CS[C@@H]12)n1nc(C)c(Cl)c1C. The first kappa shape index (κ1) is 23.1. The molecule has 3 atom stereocenters. The highest BCUT2D eigenvalue weighted by Crippen LogP contribution is 2.40. The third-order valence-electron chi connectivity index (χ3n) is 5.22. The average Bonchev–Trinajstić information content (AvgIpc) is 2.97. The molecule has 3 rings (SSSR count). The summed E-state index contributed by atoms with van der Waals surface area (Å²) in [6.07, 6.45) is 0.430. The molecule has 2 aliphatic rings. The van der Waals surface area contributed by atoms with Crippen LogP contribution >= 0.6 is 23.4 Å². The number of nitrogens with one attached hydrogen (secondary N) is 1. The second-order valence-electron chi connectivity index (χ2n) is 7.29. The van der Waals surface area contributed by atoms with Crippen LogP contribution in [0.1, 0.15) is 37.7 Å². The third-order valence-corrected chi connectivity index (χ3v) is 7.11. The van der Waals surface area contributed by atoms with Gasteiger partial charge in [0.2, 0.25) is 5.91 Å². The Labute approximate surface area is 187 Å². The van der Waals surface area contributed by atoms with Gasteiger partial charge in [-0.2, -0.15) is 5.10 Å². The molecule has 12 heteroatoms. The maximum Gasteiger partial charge on any atom is 0.352 e. The summed E-state index contributed by atoms with van der Waals surface area (Å²) in [7, 11) is 0. The van der Waals surface area contributed by atoms with Gasteiger partial charge in [-0.1, -0.05) is 18.5 Å². The van der Waals surface area contributed by atoms with Crippen molar-refractivity contribution in [2.45, 2.75) is 51.6 Å². The second-order valence-corrected chi connectivity index (χ2v) is 8.77. The van der Waals surface area contributed by atoms with E-state index in [0.29, 0.717) is 28.4 Å². The van der Waals surface area contributed by atoms with E-state index in [0.717, 1.165) is 4.90 Å². The number of carboxylic acid groups (broad SMARTS) is 1. The first-order valence-electron chi connectivity index (χ1n) is 9.63. The Bertz CT molecular complexity index is 990. The molecule has 0 spiro atoms. The number of halogens is 1. The zero-order valence-electron chi connectivity index (χ0n) is 17.5. The van der Waals surface area contributed by atoms with Crippen molar-refractivity contribution >= 4 is 47.1 Å². The average molecular weight is 471 g/mol. The molecular formula is C19H23ClN4O6S. The third kappa shape index (κ3) is 4.16. The van der Waals surface area contributed by atoms with Crippen molar-refractivity contribution in [3.8, 4) is 0 Å². The van der Waals surface area contributed by atoms with Crippen LogP contribution in [-0.4, -0.2) is 67.3 Å². The van der Waals surface area contributed by atoms with E-state index in [1.54, 1.807) is 18.5 Å². The summed E-state index contributed by atoms with van der Waals surface area (Å²) in [4.78, 5) is 49.7. The molecule has 2 aliphatic heterocycles. The number of β-lactam (4-membered cyclic amide) rings is 1. The Hall–Kier alpha value is -2.53. The summed E-state index contributed by atoms with van der Waals surface area (Å²) >= 11 is 7.50. The summed E-state index contributed by atoms with van der Waals surface area (Å²) in [5, 5.41) is 16.6. The maximum absolute atomic E-state index is 12.9. The molecule has 0 aliphatic carbocycles. The molecule has 0 radical (unpaired) electrons. The van der Waals surface area contributed by atoms with Gasteiger partial charge in [0.25, 0.3) is 5.91 Å². The molecule has 0 saturated carbocycles. The molecule has 168 valence electrons. The van der Waals surface area contributed by atoms with E-state index in [2.05, 4.69) is 10.4 Å². The molecule has 31 heavy (non-hydrogen) atoms. The fourth-order valence-electron chi connectivity index (χ4n) is 3.65. The summed E-state index contributed by atoms with van der Waals surface area (Å²) < 4.78 is 6.46. The van der Waals surface area contributed by atoms with Gasteiger partial charge in [0.15, 0.2) is 0 Å². The Kier molecular flexibility index (Phi) is 6.65. The lowest BCUT2D eigenvalue weighted by Crippen LogP contribution is -2.71. The first-order valence-corrected chi connectivity index (χ1v) is 11.1. The summed E-state index contributed by atoms with van der Waals surface area (Å²) in [5.41, 5.74) is 1.40. The summed E-state index contributed by atoms with van der Waals surface area (Å²) in [6, 6.07) is -1.51. The number of esters is 1. The second kappa shape index (κ2) is 8.91. The Morgan fingerprint density at radius 1 is 1.39 bits per heavy atom. The number of fused-ring (bicyclic) bond motifs is 1. The molecule has 0 bridgehead atoms. The van der Waals surface area contributed by atoms with Crippen molar-refractivity contribution in [2.75, 3.05) is 12.4 Å². The van der Waals surface area contributed by atoms with E-state index in [1.165, 1.54) is 18.7 Å². The van der Waals surface area contributed by atoms with Crippen molar-refractivity contribution in [1.82, 2.24) is 20.0 Å². The zero-order chi connectivity index (χ0) is 23.0. The normalized spacial score (nSPS) is 21.3. The van der Waals surface area contributed by atoms with Gasteiger partial charge in [-0.15, -0.1) is 11.8 Å². The minimum absolute atomic E-state index is 0.196. The van der Waals surface area contributed by atoms with Gasteiger partial charge in [-0.25, -0.2) is 4.79 Å². The van der Waals surface area contributed by atoms with E-state index in [-0.39, 0.29) is 18.1 Å². The van der Waals surface area contributed by atoms with Gasteiger partial charge in [0.05, 0.1) is 16.4 Å². The number of aryl methyl sites for hydroxylation is 1. The number of aromatic nitrogens is 2. The smallest absolute Gasteiger partial charge is 0.352 e. The highest BCUT2D eigenvalue weighted by atomic mass is 35.5. The molecular weight excluding hydrogens is 448 g/mol. The molecule has 3 heterocycles. The number of carbonyl (C=O) groups excluding carboxylic acids is 3. The number of amides is 2. The van der Waals surface area contributed by atoms with Crippen LogP contribution in [0, 0.1) is 13.8 Å². The number of carboxylic acids is 1. The number of hydrogen-bond acceptors (Lipinski definition) is 7. The fourth-order valence-corrected chi connectivity index (χ4v) is 5.10. The number of carbonyl (C=O) groups is 4. The fraction of sp³-hybridized carbons (Fsp3) is 0.526. The molecule has 1 aromatic heterocycles. The Morgan fingerprint density at radius 2 is 2.06 bits per heavy atom. The van der Waals surface area contributed by atoms with Crippen molar-refractivity contribution in [2.24, 2.45) is 0 Å². The zero-order valence-corrected chi connectivity index (χ0v) is 19.0. The number of hydrogen-bond donors (Lipinski definition) is 2. The van der Waals surface area contributed by atoms with Crippen molar-refractivity contribution in [1.29, 1.82) is 0 Å². The topological polar surface area (TPSA) is 131 Å². The summed E-state index contributed by atoms with van der Waals surface area (Å²) in [6.45, 7) is 6.36. The monoisotopic (exact) mass is 470 g/mol. The molecule has 2 amide bonds. The van der Waals surface area contributed by atoms with Crippen LogP contribution in [0.5, 0.6) is 0 Å². The predicted octanol–water partition coefficient (Wildman–Crippen LogP) is 1.41. The predicted molar refractivity (Wildman–Crippen MR) is 112 cm³/mol. The largest absolute Gasteiger partial charge is 0.477 e. The minimum Gasteiger partial charge on any atom is -0.477 e. The van der Waals surface area contributed by atoms with Crippen molar-refractivity contribution in [3.63, 3.8) is 0 Å². The molecule has 0 aromatic carbocycles. The lowest BCUT2D eigenvalue weighted by atomic mass is 10.0. The van der Waals surface area contributed by atoms with Crippen LogP contribution in [0.3, 0.4) is 0 Å². The van der Waals surface area contributed by atoms with Crippen molar-refractivity contribution < 1.29 is 29.0 Å². The first-order chi connectivity index (χ1) is 14.6. The van der Waals surface area contributed by atoms with Crippen molar-refractivity contribution in [3.05, 3.63) is 27.7 Å². The van der Waals surface area contributed by atoms with Crippen LogP contribution in [0.2, 0.25) is 5.02 Å². The van der Waals surface area contributed by atoms with Gasteiger partial charge in [0, 0.05) is 18.2 Å². The standard InChI is InChI=1S/C19H23ClN4O6S/c1-5-12(24-9(3)13(20)8(2)22-24)16(26)21-14-17(27)23-15(19(28)29)11(6-30-10(4)25)7-31-18(14)23/h12,14,18H,5-7H2,1-4H3,(H,21,26)(H,28,29)/t12-,14+,18+/m1/s1. The molecule has 2 N–H and O–H groups in total. The number of nitrogens with zero attached hydrogens (tertiary/aromatic N) is 3. The number of aliphatic carboxylic acids is 1. The number of rotatable bonds is 7. The van der Waals surface area contributed by atoms with Gasteiger partial charge in [-0.05, 0) is 20.3 Å². The van der Waals surface area contributed by atoms with Crippen LogP contribution in [0.15, 0.2) is 11.3 Å². The van der Waals surface area contributed by atoms with E-state index in [1.807, 2.05) is 6.92 Å². The quantitative estimate of drug-likeness (QED) is 0.451. The highest BCUT2D eigenvalue weighted by molar-refractivity contribution is 8.00. The van der Waals surface area contributed by atoms with Crippen LogP contribution in [0.25, 0.3) is 0 Å². The lowest BCUT2D eigenvalue weighted by molar-refractivity contribution is -0.151. The summed E-state index contributed by atoms with van der Waals surface area (Å²) in [5.74, 6) is -2.48. The van der Waals surface area contributed by atoms with Gasteiger partial charge >= 0.3 is 11.9 Å². The van der Waals surface area contributed by atoms with Crippen LogP contribution in [0.4, 0.5) is 0 Å². The Balaban J connectivity index is 1.77. The van der Waals surface area contributed by atoms with Gasteiger partial charge < -0.3 is 15.2 Å². The van der Waals surface area contributed by atoms with Gasteiger partial charge in [-0.3, -0.25) is 24.0 Å². The van der Waals surface area contributed by atoms with E-state index >= 15 is 0 Å².